The molecule has 0 amide bonds. The normalized spacial score (nSPS) is 12.6. The van der Waals surface area contributed by atoms with Crippen molar-refractivity contribution in [2.45, 2.75) is 19.8 Å². The molecule has 70 valence electrons. The van der Waals surface area contributed by atoms with E-state index in [2.05, 4.69) is 15.9 Å². The van der Waals surface area contributed by atoms with Gasteiger partial charge in [0.2, 0.25) is 0 Å². The standard InChI is InChI=1S/C10H10BrFO/c1-6(7(2)13)8-3-4-10(12)9(11)5-8/h3-6H,1-2H3. The van der Waals surface area contributed by atoms with E-state index in [1.807, 2.05) is 6.92 Å². The number of ketones is 1. The van der Waals surface area contributed by atoms with Crippen LogP contribution in [0.15, 0.2) is 22.7 Å². The van der Waals surface area contributed by atoms with Crippen LogP contribution in [-0.2, 0) is 4.79 Å². The highest BCUT2D eigenvalue weighted by molar-refractivity contribution is 9.10. The van der Waals surface area contributed by atoms with Gasteiger partial charge in [-0.2, -0.15) is 0 Å². The van der Waals surface area contributed by atoms with E-state index in [-0.39, 0.29) is 17.5 Å². The number of halogens is 2. The summed E-state index contributed by atoms with van der Waals surface area (Å²) in [5.41, 5.74) is 0.834. The summed E-state index contributed by atoms with van der Waals surface area (Å²) in [4.78, 5) is 11.0. The number of Topliss-reactive ketones (excluding diaryl/α,β-unsaturated/α-hetero) is 1. The molecule has 1 unspecified atom stereocenters. The predicted molar refractivity (Wildman–Crippen MR) is 53.2 cm³/mol. The van der Waals surface area contributed by atoms with E-state index in [1.165, 1.54) is 13.0 Å². The smallest absolute Gasteiger partial charge is 0.137 e. The fourth-order valence-corrected chi connectivity index (χ4v) is 1.41. The molecule has 0 fully saturated rings. The van der Waals surface area contributed by atoms with Crippen molar-refractivity contribution in [3.05, 3.63) is 34.1 Å². The third-order valence-corrected chi connectivity index (χ3v) is 2.66. The summed E-state index contributed by atoms with van der Waals surface area (Å²) in [6, 6.07) is 4.63. The molecule has 0 N–H and O–H groups in total. The SMILES string of the molecule is CC(=O)C(C)c1ccc(F)c(Br)c1. The first-order valence-corrected chi connectivity index (χ1v) is 4.77. The lowest BCUT2D eigenvalue weighted by Crippen LogP contribution is -2.04. The molecular weight excluding hydrogens is 235 g/mol. The van der Waals surface area contributed by atoms with Crippen LogP contribution in [0.25, 0.3) is 0 Å². The number of hydrogen-bond acceptors (Lipinski definition) is 1. The van der Waals surface area contributed by atoms with Crippen LogP contribution in [0.4, 0.5) is 4.39 Å². The third-order valence-electron chi connectivity index (χ3n) is 2.05. The molecular formula is C10H10BrFO. The second kappa shape index (κ2) is 4.01. The van der Waals surface area contributed by atoms with Crippen LogP contribution >= 0.6 is 15.9 Å². The van der Waals surface area contributed by atoms with Crippen LogP contribution in [-0.4, -0.2) is 5.78 Å². The Kier molecular flexibility index (Phi) is 3.20. The van der Waals surface area contributed by atoms with Crippen LogP contribution in [0.1, 0.15) is 25.3 Å². The van der Waals surface area contributed by atoms with Gasteiger partial charge in [0.25, 0.3) is 0 Å². The maximum atomic E-state index is 12.8. The van der Waals surface area contributed by atoms with Gasteiger partial charge in [-0.05, 0) is 40.5 Å². The van der Waals surface area contributed by atoms with Crippen LogP contribution in [0.3, 0.4) is 0 Å². The minimum absolute atomic E-state index is 0.0820. The summed E-state index contributed by atoms with van der Waals surface area (Å²) in [5, 5.41) is 0. The van der Waals surface area contributed by atoms with Gasteiger partial charge in [-0.15, -0.1) is 0 Å². The maximum Gasteiger partial charge on any atom is 0.137 e. The summed E-state index contributed by atoms with van der Waals surface area (Å²) in [6.07, 6.45) is 0. The van der Waals surface area contributed by atoms with Crippen molar-refractivity contribution in [3.8, 4) is 0 Å². The molecule has 1 aromatic carbocycles. The first-order chi connectivity index (χ1) is 6.02. The Morgan fingerprint density at radius 3 is 2.62 bits per heavy atom. The van der Waals surface area contributed by atoms with Crippen LogP contribution < -0.4 is 0 Å². The van der Waals surface area contributed by atoms with Gasteiger partial charge < -0.3 is 0 Å². The third kappa shape index (κ3) is 2.37. The molecule has 13 heavy (non-hydrogen) atoms. The topological polar surface area (TPSA) is 17.1 Å². The molecule has 3 heteroatoms. The van der Waals surface area contributed by atoms with E-state index in [0.717, 1.165) is 5.56 Å². The van der Waals surface area contributed by atoms with Gasteiger partial charge in [0.05, 0.1) is 4.47 Å². The minimum atomic E-state index is -0.306. The zero-order chi connectivity index (χ0) is 10.0. The molecule has 0 heterocycles. The fraction of sp³-hybridized carbons (Fsp3) is 0.300. The summed E-state index contributed by atoms with van der Waals surface area (Å²) >= 11 is 3.08. The molecule has 1 atom stereocenters. The van der Waals surface area contributed by atoms with Crippen molar-refractivity contribution in [3.63, 3.8) is 0 Å². The van der Waals surface area contributed by atoms with Gasteiger partial charge in [0.15, 0.2) is 0 Å². The van der Waals surface area contributed by atoms with Crippen molar-refractivity contribution in [2.24, 2.45) is 0 Å². The van der Waals surface area contributed by atoms with Gasteiger partial charge in [0.1, 0.15) is 11.6 Å². The lowest BCUT2D eigenvalue weighted by molar-refractivity contribution is -0.118. The van der Waals surface area contributed by atoms with Crippen LogP contribution in [0, 0.1) is 5.82 Å². The summed E-state index contributed by atoms with van der Waals surface area (Å²) < 4.78 is 13.2. The lowest BCUT2D eigenvalue weighted by Gasteiger charge is -2.08. The lowest BCUT2D eigenvalue weighted by atomic mass is 9.98. The van der Waals surface area contributed by atoms with Gasteiger partial charge in [-0.3, -0.25) is 4.79 Å². The van der Waals surface area contributed by atoms with E-state index in [1.54, 1.807) is 12.1 Å². The molecule has 1 nitrogen and oxygen atoms in total. The van der Waals surface area contributed by atoms with E-state index < -0.39 is 0 Å². The predicted octanol–water partition coefficient (Wildman–Crippen LogP) is 3.28. The Bertz CT molecular complexity index is 336. The molecule has 0 aliphatic rings. The monoisotopic (exact) mass is 244 g/mol. The number of carbonyl (C=O) groups excluding carboxylic acids is 1. The number of rotatable bonds is 2. The second-order valence-corrected chi connectivity index (χ2v) is 3.86. The molecule has 0 aliphatic carbocycles. The van der Waals surface area contributed by atoms with Crippen LogP contribution in [0.2, 0.25) is 0 Å². The van der Waals surface area contributed by atoms with Gasteiger partial charge in [-0.25, -0.2) is 4.39 Å². The number of carbonyl (C=O) groups is 1. The Hall–Kier alpha value is -0.700. The first kappa shape index (κ1) is 10.4. The number of hydrogen-bond donors (Lipinski definition) is 0. The number of benzene rings is 1. The zero-order valence-corrected chi connectivity index (χ0v) is 9.06. The average Bonchev–Trinajstić information content (AvgIpc) is 2.08. The molecule has 0 spiro atoms. The fourth-order valence-electron chi connectivity index (χ4n) is 1.02. The highest BCUT2D eigenvalue weighted by atomic mass is 79.9. The molecule has 0 saturated carbocycles. The Morgan fingerprint density at radius 1 is 1.54 bits per heavy atom. The van der Waals surface area contributed by atoms with E-state index in [4.69, 9.17) is 0 Å². The summed E-state index contributed by atoms with van der Waals surface area (Å²) in [7, 11) is 0. The second-order valence-electron chi connectivity index (χ2n) is 3.01. The summed E-state index contributed by atoms with van der Waals surface area (Å²) in [5.74, 6) is -0.394. The van der Waals surface area contributed by atoms with Crippen molar-refractivity contribution >= 4 is 21.7 Å². The van der Waals surface area contributed by atoms with E-state index in [0.29, 0.717) is 4.47 Å². The highest BCUT2D eigenvalue weighted by Gasteiger charge is 2.11. The van der Waals surface area contributed by atoms with Crippen LogP contribution in [0.5, 0.6) is 0 Å². The average molecular weight is 245 g/mol. The molecule has 0 aliphatic heterocycles. The summed E-state index contributed by atoms with van der Waals surface area (Å²) in [6.45, 7) is 3.34. The minimum Gasteiger partial charge on any atom is -0.299 e. The molecule has 1 rings (SSSR count). The highest BCUT2D eigenvalue weighted by Crippen LogP contribution is 2.22. The largest absolute Gasteiger partial charge is 0.299 e. The molecule has 0 saturated heterocycles. The van der Waals surface area contributed by atoms with Crippen molar-refractivity contribution in [1.29, 1.82) is 0 Å². The maximum absolute atomic E-state index is 12.8. The van der Waals surface area contributed by atoms with E-state index in [9.17, 15) is 9.18 Å². The molecule has 0 aromatic heterocycles. The molecule has 0 radical (unpaired) electrons. The van der Waals surface area contributed by atoms with Gasteiger partial charge in [-0.1, -0.05) is 13.0 Å². The molecule has 0 bridgehead atoms. The van der Waals surface area contributed by atoms with E-state index >= 15 is 0 Å². The van der Waals surface area contributed by atoms with Gasteiger partial charge in [0, 0.05) is 5.92 Å². The van der Waals surface area contributed by atoms with Crippen molar-refractivity contribution in [2.75, 3.05) is 0 Å². The van der Waals surface area contributed by atoms with Crippen molar-refractivity contribution in [1.82, 2.24) is 0 Å². The zero-order valence-electron chi connectivity index (χ0n) is 7.47. The Morgan fingerprint density at radius 2 is 2.15 bits per heavy atom. The molecule has 1 aromatic rings. The first-order valence-electron chi connectivity index (χ1n) is 3.97. The van der Waals surface area contributed by atoms with Gasteiger partial charge >= 0.3 is 0 Å². The Balaban J connectivity index is 3.03. The Labute approximate surface area is 85.1 Å². The quantitative estimate of drug-likeness (QED) is 0.781. The van der Waals surface area contributed by atoms with Crippen molar-refractivity contribution < 1.29 is 9.18 Å².